The van der Waals surface area contributed by atoms with Gasteiger partial charge in [0.05, 0.1) is 17.3 Å². The monoisotopic (exact) mass is 294 g/mol. The van der Waals surface area contributed by atoms with Gasteiger partial charge in [0.1, 0.15) is 5.01 Å². The number of aromatic nitrogens is 1. The number of nitrogens with zero attached hydrogens (tertiary/aromatic N) is 1. The van der Waals surface area contributed by atoms with Crippen LogP contribution in [0.5, 0.6) is 0 Å². The van der Waals surface area contributed by atoms with Crippen LogP contribution in [0.1, 0.15) is 69.0 Å². The van der Waals surface area contributed by atoms with Crippen molar-refractivity contribution in [1.82, 2.24) is 10.3 Å². The van der Waals surface area contributed by atoms with E-state index in [9.17, 15) is 0 Å². The molecule has 1 aromatic heterocycles. The highest BCUT2D eigenvalue weighted by molar-refractivity contribution is 7.09. The number of nitrogens with one attached hydrogen (secondary N) is 1. The van der Waals surface area contributed by atoms with E-state index in [0.29, 0.717) is 12.0 Å². The molecule has 2 fully saturated rings. The minimum absolute atomic E-state index is 0.0357. The van der Waals surface area contributed by atoms with Crippen LogP contribution in [0.2, 0.25) is 0 Å². The Hall–Kier alpha value is -0.450. The molecule has 4 heteroatoms. The molecule has 0 saturated heterocycles. The third-order valence-corrected chi connectivity index (χ3v) is 5.69. The molecular weight excluding hydrogens is 268 g/mol. The maximum Gasteiger partial charge on any atom is 0.116 e. The van der Waals surface area contributed by atoms with Crippen molar-refractivity contribution in [3.05, 3.63) is 16.1 Å². The first-order chi connectivity index (χ1) is 9.65. The molecule has 2 atom stereocenters. The van der Waals surface area contributed by atoms with Crippen LogP contribution in [0.25, 0.3) is 0 Å². The van der Waals surface area contributed by atoms with Crippen LogP contribution in [-0.2, 0) is 10.3 Å². The fraction of sp³-hybridized carbons (Fsp3) is 0.812. The number of methoxy groups -OCH3 is 1. The van der Waals surface area contributed by atoms with Gasteiger partial charge < -0.3 is 10.1 Å². The predicted molar refractivity (Wildman–Crippen MR) is 83.3 cm³/mol. The van der Waals surface area contributed by atoms with Crippen LogP contribution >= 0.6 is 11.3 Å². The van der Waals surface area contributed by atoms with Crippen LogP contribution in [0.4, 0.5) is 0 Å². The molecule has 1 aromatic rings. The number of rotatable bonds is 5. The van der Waals surface area contributed by atoms with Gasteiger partial charge in [0, 0.05) is 18.5 Å². The summed E-state index contributed by atoms with van der Waals surface area (Å²) in [4.78, 5) is 4.96. The van der Waals surface area contributed by atoms with E-state index >= 15 is 0 Å². The average Bonchev–Trinajstić information content (AvgIpc) is 3.10. The van der Waals surface area contributed by atoms with E-state index in [1.54, 1.807) is 0 Å². The third kappa shape index (κ3) is 2.66. The molecule has 2 saturated carbocycles. The van der Waals surface area contributed by atoms with E-state index < -0.39 is 0 Å². The van der Waals surface area contributed by atoms with Gasteiger partial charge in [-0.25, -0.2) is 4.98 Å². The second kappa shape index (κ2) is 5.74. The van der Waals surface area contributed by atoms with Crippen molar-refractivity contribution in [2.24, 2.45) is 0 Å². The lowest BCUT2D eigenvalue weighted by molar-refractivity contribution is -0.0166. The molecule has 0 amide bonds. The van der Waals surface area contributed by atoms with Crippen LogP contribution in [0, 0.1) is 0 Å². The Balaban J connectivity index is 1.93. The Kier molecular flexibility index (Phi) is 4.16. The van der Waals surface area contributed by atoms with Crippen molar-refractivity contribution >= 4 is 11.3 Å². The molecule has 0 aliphatic heterocycles. The summed E-state index contributed by atoms with van der Waals surface area (Å²) in [6.45, 7) is 4.43. The normalized spacial score (nSPS) is 30.9. The van der Waals surface area contributed by atoms with E-state index in [0.717, 1.165) is 12.8 Å². The zero-order valence-electron chi connectivity index (χ0n) is 12.8. The SMILES string of the molecule is COC1CCCCC1(NC1CC1)c1nc(C(C)C)cs1. The van der Waals surface area contributed by atoms with E-state index in [2.05, 4.69) is 24.5 Å². The molecule has 3 nitrogen and oxygen atoms in total. The number of hydrogen-bond acceptors (Lipinski definition) is 4. The first-order valence-electron chi connectivity index (χ1n) is 7.92. The van der Waals surface area contributed by atoms with Crippen molar-refractivity contribution in [2.45, 2.75) is 76.0 Å². The summed E-state index contributed by atoms with van der Waals surface area (Å²) in [7, 11) is 1.86. The zero-order valence-corrected chi connectivity index (χ0v) is 13.6. The minimum atomic E-state index is -0.0357. The molecular formula is C16H26N2OS. The predicted octanol–water partition coefficient (Wildman–Crippen LogP) is 3.80. The summed E-state index contributed by atoms with van der Waals surface area (Å²) in [5, 5.41) is 7.38. The van der Waals surface area contributed by atoms with Crippen molar-refractivity contribution in [3.8, 4) is 0 Å². The molecule has 1 heterocycles. The van der Waals surface area contributed by atoms with Gasteiger partial charge in [0.2, 0.25) is 0 Å². The van der Waals surface area contributed by atoms with E-state index in [1.807, 2.05) is 18.4 Å². The second-order valence-electron chi connectivity index (χ2n) is 6.59. The second-order valence-corrected chi connectivity index (χ2v) is 7.45. The first-order valence-corrected chi connectivity index (χ1v) is 8.80. The Morgan fingerprint density at radius 3 is 2.75 bits per heavy atom. The zero-order chi connectivity index (χ0) is 14.2. The summed E-state index contributed by atoms with van der Waals surface area (Å²) in [5.41, 5.74) is 1.19. The molecule has 1 N–H and O–H groups in total. The lowest BCUT2D eigenvalue weighted by Gasteiger charge is -2.43. The highest BCUT2D eigenvalue weighted by Gasteiger charge is 2.47. The van der Waals surface area contributed by atoms with Gasteiger partial charge in [-0.3, -0.25) is 0 Å². The maximum atomic E-state index is 5.86. The van der Waals surface area contributed by atoms with Gasteiger partial charge >= 0.3 is 0 Å². The third-order valence-electron chi connectivity index (χ3n) is 4.66. The lowest BCUT2D eigenvalue weighted by atomic mass is 9.79. The van der Waals surface area contributed by atoms with E-state index in [-0.39, 0.29) is 11.6 Å². The summed E-state index contributed by atoms with van der Waals surface area (Å²) < 4.78 is 5.86. The number of hydrogen-bond donors (Lipinski definition) is 1. The molecule has 112 valence electrons. The molecule has 0 bridgehead atoms. The Morgan fingerprint density at radius 1 is 1.35 bits per heavy atom. The minimum Gasteiger partial charge on any atom is -0.379 e. The van der Waals surface area contributed by atoms with Gasteiger partial charge in [-0.05, 0) is 31.6 Å². The molecule has 0 radical (unpaired) electrons. The highest BCUT2D eigenvalue weighted by Crippen LogP contribution is 2.43. The van der Waals surface area contributed by atoms with Crippen LogP contribution in [0.15, 0.2) is 5.38 Å². The van der Waals surface area contributed by atoms with Crippen molar-refractivity contribution in [3.63, 3.8) is 0 Å². The standard InChI is InChI=1S/C16H26N2OS/c1-11(2)13-10-20-15(17-13)16(18-12-7-8-12)9-5-4-6-14(16)19-3/h10-12,14,18H,4-9H2,1-3H3. The fourth-order valence-corrected chi connectivity index (χ4v) is 4.50. The number of thiazole rings is 1. The largest absolute Gasteiger partial charge is 0.379 e. The van der Waals surface area contributed by atoms with E-state index in [1.165, 1.54) is 36.4 Å². The van der Waals surface area contributed by atoms with Crippen LogP contribution in [-0.4, -0.2) is 24.2 Å². The molecule has 2 aliphatic rings. The van der Waals surface area contributed by atoms with Gasteiger partial charge in [0.15, 0.2) is 0 Å². The first kappa shape index (κ1) is 14.5. The molecule has 2 unspecified atom stereocenters. The molecule has 3 rings (SSSR count). The van der Waals surface area contributed by atoms with Gasteiger partial charge in [0.25, 0.3) is 0 Å². The fourth-order valence-electron chi connectivity index (χ4n) is 3.28. The topological polar surface area (TPSA) is 34.1 Å². The molecule has 0 spiro atoms. The Bertz CT molecular complexity index is 455. The summed E-state index contributed by atoms with van der Waals surface area (Å²) in [5.74, 6) is 0.502. The highest BCUT2D eigenvalue weighted by atomic mass is 32.1. The lowest BCUT2D eigenvalue weighted by Crippen LogP contribution is -2.55. The Labute approximate surface area is 126 Å². The molecule has 20 heavy (non-hydrogen) atoms. The van der Waals surface area contributed by atoms with Crippen molar-refractivity contribution in [2.75, 3.05) is 7.11 Å². The Morgan fingerprint density at radius 2 is 2.15 bits per heavy atom. The summed E-state index contributed by atoms with van der Waals surface area (Å²) in [6.07, 6.45) is 7.73. The van der Waals surface area contributed by atoms with Gasteiger partial charge in [-0.15, -0.1) is 11.3 Å². The molecule has 0 aromatic carbocycles. The van der Waals surface area contributed by atoms with E-state index in [4.69, 9.17) is 9.72 Å². The van der Waals surface area contributed by atoms with Crippen LogP contribution in [0.3, 0.4) is 0 Å². The number of ether oxygens (including phenoxy) is 1. The summed E-state index contributed by atoms with van der Waals surface area (Å²) in [6, 6.07) is 0.678. The maximum absolute atomic E-state index is 5.86. The molecule has 2 aliphatic carbocycles. The van der Waals surface area contributed by atoms with Gasteiger partial charge in [-0.1, -0.05) is 26.7 Å². The average molecular weight is 294 g/mol. The van der Waals surface area contributed by atoms with Crippen molar-refractivity contribution < 1.29 is 4.74 Å². The quantitative estimate of drug-likeness (QED) is 0.897. The van der Waals surface area contributed by atoms with Crippen LogP contribution < -0.4 is 5.32 Å². The smallest absolute Gasteiger partial charge is 0.116 e. The van der Waals surface area contributed by atoms with Crippen molar-refractivity contribution in [1.29, 1.82) is 0 Å². The van der Waals surface area contributed by atoms with Gasteiger partial charge in [-0.2, -0.15) is 0 Å². The summed E-state index contributed by atoms with van der Waals surface area (Å²) >= 11 is 1.82.